The lowest BCUT2D eigenvalue weighted by molar-refractivity contribution is -0.145. The molecule has 1 amide bonds. The maximum absolute atomic E-state index is 12.4. The van der Waals surface area contributed by atoms with E-state index in [-0.39, 0.29) is 11.7 Å². The molecule has 21 heavy (non-hydrogen) atoms. The highest BCUT2D eigenvalue weighted by Crippen LogP contribution is 2.39. The fourth-order valence-corrected chi connectivity index (χ4v) is 3.05. The fraction of sp³-hybridized carbons (Fsp3) is 0.500. The van der Waals surface area contributed by atoms with Crippen molar-refractivity contribution in [2.45, 2.75) is 33.1 Å². The molecular weight excluding hydrogens is 270 g/mol. The van der Waals surface area contributed by atoms with Gasteiger partial charge in [0.1, 0.15) is 5.75 Å². The monoisotopic (exact) mass is 291 g/mol. The van der Waals surface area contributed by atoms with Crippen molar-refractivity contribution in [3.8, 4) is 5.75 Å². The van der Waals surface area contributed by atoms with Crippen LogP contribution in [-0.4, -0.2) is 22.1 Å². The number of aromatic hydroxyl groups is 1. The van der Waals surface area contributed by atoms with Crippen molar-refractivity contribution in [1.29, 1.82) is 0 Å². The van der Waals surface area contributed by atoms with Gasteiger partial charge in [0.05, 0.1) is 11.8 Å². The lowest BCUT2D eigenvalue weighted by Crippen LogP contribution is -2.30. The number of hydrogen-bond donors (Lipinski definition) is 3. The first kappa shape index (κ1) is 15.4. The molecule has 0 radical (unpaired) electrons. The minimum atomic E-state index is -0.895. The van der Waals surface area contributed by atoms with E-state index < -0.39 is 17.8 Å². The number of amides is 1. The number of carbonyl (C=O) groups is 2. The molecule has 1 fully saturated rings. The van der Waals surface area contributed by atoms with Gasteiger partial charge in [-0.15, -0.1) is 0 Å². The van der Waals surface area contributed by atoms with Gasteiger partial charge in [-0.05, 0) is 49.4 Å². The van der Waals surface area contributed by atoms with Crippen LogP contribution < -0.4 is 5.32 Å². The molecule has 1 aromatic carbocycles. The zero-order chi connectivity index (χ0) is 15.6. The van der Waals surface area contributed by atoms with E-state index in [1.165, 1.54) is 6.07 Å². The summed E-state index contributed by atoms with van der Waals surface area (Å²) in [5.74, 6) is -1.79. The zero-order valence-corrected chi connectivity index (χ0v) is 12.3. The zero-order valence-electron chi connectivity index (χ0n) is 12.3. The Morgan fingerprint density at radius 3 is 2.52 bits per heavy atom. The quantitative estimate of drug-likeness (QED) is 0.744. The Morgan fingerprint density at radius 1 is 1.29 bits per heavy atom. The number of aryl methyl sites for hydroxylation is 1. The molecule has 3 unspecified atom stereocenters. The summed E-state index contributed by atoms with van der Waals surface area (Å²) in [6.07, 6.45) is 2.08. The van der Waals surface area contributed by atoms with E-state index in [0.29, 0.717) is 24.4 Å². The molecule has 0 spiro atoms. The summed E-state index contributed by atoms with van der Waals surface area (Å²) in [5, 5.41) is 21.5. The Balaban J connectivity index is 2.13. The van der Waals surface area contributed by atoms with Gasteiger partial charge in [-0.1, -0.05) is 13.3 Å². The molecule has 0 aliphatic heterocycles. The molecule has 1 aliphatic rings. The van der Waals surface area contributed by atoms with Gasteiger partial charge in [0.15, 0.2) is 0 Å². The highest BCUT2D eigenvalue weighted by Gasteiger charge is 2.42. The standard InChI is InChI=1S/C16H21NO4/c1-3-10-7-12(13(8-10)16(20)21)15(19)17-14-5-4-11(18)6-9(14)2/h4-6,10,12-13,18H,3,7-8H2,1-2H3,(H,17,19)(H,20,21). The molecule has 1 aromatic rings. The molecule has 0 aromatic heterocycles. The second kappa shape index (κ2) is 6.16. The van der Waals surface area contributed by atoms with Crippen molar-refractivity contribution >= 4 is 17.6 Å². The Bertz CT molecular complexity index is 555. The summed E-state index contributed by atoms with van der Waals surface area (Å²) >= 11 is 0. The Morgan fingerprint density at radius 2 is 1.95 bits per heavy atom. The summed E-state index contributed by atoms with van der Waals surface area (Å²) < 4.78 is 0. The Labute approximate surface area is 124 Å². The van der Waals surface area contributed by atoms with Gasteiger partial charge in [-0.2, -0.15) is 0 Å². The van der Waals surface area contributed by atoms with Crippen molar-refractivity contribution in [3.05, 3.63) is 23.8 Å². The number of carboxylic acid groups (broad SMARTS) is 1. The number of phenolic OH excluding ortho intramolecular Hbond substituents is 1. The van der Waals surface area contributed by atoms with Crippen molar-refractivity contribution in [3.63, 3.8) is 0 Å². The first-order valence-corrected chi connectivity index (χ1v) is 7.25. The Hall–Kier alpha value is -2.04. The molecule has 0 saturated heterocycles. The smallest absolute Gasteiger partial charge is 0.307 e. The summed E-state index contributed by atoms with van der Waals surface area (Å²) in [6, 6.07) is 4.69. The first-order valence-electron chi connectivity index (χ1n) is 7.25. The van der Waals surface area contributed by atoms with Gasteiger partial charge in [0.25, 0.3) is 0 Å². The predicted octanol–water partition coefficient (Wildman–Crippen LogP) is 2.78. The third-order valence-corrected chi connectivity index (χ3v) is 4.36. The van der Waals surface area contributed by atoms with E-state index in [0.717, 1.165) is 12.0 Å². The van der Waals surface area contributed by atoms with E-state index in [4.69, 9.17) is 0 Å². The topological polar surface area (TPSA) is 86.6 Å². The normalized spacial score (nSPS) is 24.8. The van der Waals surface area contributed by atoms with Crippen LogP contribution in [0.5, 0.6) is 5.75 Å². The van der Waals surface area contributed by atoms with Crippen molar-refractivity contribution in [2.24, 2.45) is 17.8 Å². The lowest BCUT2D eigenvalue weighted by atomic mass is 9.95. The van der Waals surface area contributed by atoms with Crippen molar-refractivity contribution in [2.75, 3.05) is 5.32 Å². The predicted molar refractivity (Wildman–Crippen MR) is 79.1 cm³/mol. The van der Waals surface area contributed by atoms with Gasteiger partial charge in [-0.25, -0.2) is 0 Å². The minimum Gasteiger partial charge on any atom is -0.508 e. The first-order chi connectivity index (χ1) is 9.92. The van der Waals surface area contributed by atoms with Crippen LogP contribution in [0.4, 0.5) is 5.69 Å². The number of carbonyl (C=O) groups excluding carboxylic acids is 1. The Kier molecular flexibility index (Phi) is 4.50. The third-order valence-electron chi connectivity index (χ3n) is 4.36. The minimum absolute atomic E-state index is 0.140. The van der Waals surface area contributed by atoms with Crippen LogP contribution in [0.2, 0.25) is 0 Å². The van der Waals surface area contributed by atoms with Crippen molar-refractivity contribution in [1.82, 2.24) is 0 Å². The molecule has 3 N–H and O–H groups in total. The molecule has 1 saturated carbocycles. The van der Waals surface area contributed by atoms with Crippen LogP contribution in [0, 0.1) is 24.7 Å². The van der Waals surface area contributed by atoms with Gasteiger partial charge >= 0.3 is 5.97 Å². The third kappa shape index (κ3) is 3.35. The van der Waals surface area contributed by atoms with Crippen LogP contribution in [0.1, 0.15) is 31.7 Å². The number of phenols is 1. The average molecular weight is 291 g/mol. The highest BCUT2D eigenvalue weighted by atomic mass is 16.4. The number of benzene rings is 1. The second-order valence-corrected chi connectivity index (χ2v) is 5.79. The van der Waals surface area contributed by atoms with Gasteiger partial charge in [0, 0.05) is 5.69 Å². The highest BCUT2D eigenvalue weighted by molar-refractivity contribution is 5.96. The number of aliphatic carboxylic acids is 1. The van der Waals surface area contributed by atoms with E-state index in [1.54, 1.807) is 19.1 Å². The molecule has 5 heteroatoms. The fourth-order valence-electron chi connectivity index (χ4n) is 3.05. The molecular formula is C16H21NO4. The molecule has 5 nitrogen and oxygen atoms in total. The summed E-state index contributed by atoms with van der Waals surface area (Å²) in [6.45, 7) is 3.81. The van der Waals surface area contributed by atoms with Crippen LogP contribution >= 0.6 is 0 Å². The number of hydrogen-bond acceptors (Lipinski definition) is 3. The number of rotatable bonds is 4. The van der Waals surface area contributed by atoms with E-state index in [9.17, 15) is 19.8 Å². The summed E-state index contributed by atoms with van der Waals surface area (Å²) in [7, 11) is 0. The van der Waals surface area contributed by atoms with Crippen LogP contribution in [-0.2, 0) is 9.59 Å². The van der Waals surface area contributed by atoms with Crippen LogP contribution in [0.15, 0.2) is 18.2 Å². The summed E-state index contributed by atoms with van der Waals surface area (Å²) in [4.78, 5) is 23.7. The molecule has 1 aliphatic carbocycles. The number of anilines is 1. The molecule has 114 valence electrons. The van der Waals surface area contributed by atoms with E-state index >= 15 is 0 Å². The molecule has 0 bridgehead atoms. The number of nitrogens with one attached hydrogen (secondary N) is 1. The maximum atomic E-state index is 12.4. The maximum Gasteiger partial charge on any atom is 0.307 e. The number of carboxylic acids is 1. The largest absolute Gasteiger partial charge is 0.508 e. The van der Waals surface area contributed by atoms with E-state index in [1.807, 2.05) is 6.92 Å². The van der Waals surface area contributed by atoms with Gasteiger partial charge in [-0.3, -0.25) is 9.59 Å². The second-order valence-electron chi connectivity index (χ2n) is 5.79. The molecule has 0 heterocycles. The SMILES string of the molecule is CCC1CC(C(=O)O)C(C(=O)Nc2ccc(O)cc2C)C1. The summed E-state index contributed by atoms with van der Waals surface area (Å²) in [5.41, 5.74) is 1.36. The average Bonchev–Trinajstić information content (AvgIpc) is 2.86. The van der Waals surface area contributed by atoms with Gasteiger partial charge < -0.3 is 15.5 Å². The van der Waals surface area contributed by atoms with Gasteiger partial charge in [0.2, 0.25) is 5.91 Å². The molecule has 2 rings (SSSR count). The van der Waals surface area contributed by atoms with Crippen molar-refractivity contribution < 1.29 is 19.8 Å². The van der Waals surface area contributed by atoms with Crippen LogP contribution in [0.3, 0.4) is 0 Å². The van der Waals surface area contributed by atoms with E-state index in [2.05, 4.69) is 5.32 Å². The lowest BCUT2D eigenvalue weighted by Gasteiger charge is -2.16. The van der Waals surface area contributed by atoms with Crippen LogP contribution in [0.25, 0.3) is 0 Å². The molecule has 3 atom stereocenters.